The third-order valence-electron chi connectivity index (χ3n) is 5.43. The van der Waals surface area contributed by atoms with E-state index in [2.05, 4.69) is 24.0 Å². The molecule has 4 rings (SSSR count). The highest BCUT2D eigenvalue weighted by Crippen LogP contribution is 2.35. The van der Waals surface area contributed by atoms with Crippen LogP contribution in [0.3, 0.4) is 0 Å². The second kappa shape index (κ2) is 8.21. The number of rotatable bonds is 8. The molecule has 134 valence electrons. The Kier molecular flexibility index (Phi) is 6.01. The lowest BCUT2D eigenvalue weighted by molar-refractivity contribution is -0.0715. The zero-order chi connectivity index (χ0) is 16.9. The third-order valence-corrected chi connectivity index (χ3v) is 5.43. The van der Waals surface area contributed by atoms with Gasteiger partial charge in [-0.3, -0.25) is 4.90 Å². The Bertz CT molecular complexity index is 524. The molecule has 0 saturated carbocycles. The number of unbranched alkanes of at least 4 members (excludes halogenated alkanes) is 1. The number of hydrogen-bond acceptors (Lipinski definition) is 4. The summed E-state index contributed by atoms with van der Waals surface area (Å²) in [6.45, 7) is 7.78. The van der Waals surface area contributed by atoms with Gasteiger partial charge in [-0.2, -0.15) is 0 Å². The fraction of sp³-hybridized carbons (Fsp3) is 0.700. The first-order chi connectivity index (χ1) is 11.7. The van der Waals surface area contributed by atoms with E-state index in [0.717, 1.165) is 63.3 Å². The van der Waals surface area contributed by atoms with E-state index in [-0.39, 0.29) is 12.1 Å². The van der Waals surface area contributed by atoms with Crippen molar-refractivity contribution in [2.45, 2.75) is 58.1 Å². The maximum atomic E-state index is 10.6. The van der Waals surface area contributed by atoms with Gasteiger partial charge in [0.05, 0.1) is 19.3 Å². The molecule has 3 fully saturated rings. The molecular formula is C20H31NO3. The monoisotopic (exact) mass is 333 g/mol. The molecule has 0 aromatic heterocycles. The van der Waals surface area contributed by atoms with Gasteiger partial charge in [0.25, 0.3) is 0 Å². The lowest BCUT2D eigenvalue weighted by Gasteiger charge is -2.49. The smallest absolute Gasteiger partial charge is 0.161 e. The molecule has 0 amide bonds. The van der Waals surface area contributed by atoms with Crippen LogP contribution in [0.5, 0.6) is 11.5 Å². The van der Waals surface area contributed by atoms with Crippen LogP contribution >= 0.6 is 0 Å². The van der Waals surface area contributed by atoms with Crippen molar-refractivity contribution in [2.24, 2.45) is 5.92 Å². The Morgan fingerprint density at radius 2 is 1.92 bits per heavy atom. The van der Waals surface area contributed by atoms with E-state index in [0.29, 0.717) is 12.5 Å². The second-order valence-corrected chi connectivity index (χ2v) is 7.05. The van der Waals surface area contributed by atoms with Gasteiger partial charge in [0.15, 0.2) is 11.5 Å². The molecule has 0 radical (unpaired) electrons. The highest BCUT2D eigenvalue weighted by atomic mass is 16.5. The zero-order valence-corrected chi connectivity index (χ0v) is 15.0. The molecule has 1 aromatic rings. The number of benzene rings is 1. The molecule has 3 aliphatic heterocycles. The standard InChI is InChI=1S/C20H31NO3/c1-3-5-12-24-18-7-6-15(14-19(18)23-4-2)13-17-20(22)16-8-10-21(17)11-9-16/h6-7,14,16-17,20,22H,3-5,8-13H2,1-2H3. The van der Waals surface area contributed by atoms with Gasteiger partial charge < -0.3 is 14.6 Å². The Balaban J connectivity index is 1.70. The molecule has 3 saturated heterocycles. The van der Waals surface area contributed by atoms with Crippen molar-refractivity contribution < 1.29 is 14.6 Å². The first-order valence-electron chi connectivity index (χ1n) is 9.53. The molecule has 3 heterocycles. The fourth-order valence-electron chi connectivity index (χ4n) is 4.01. The first-order valence-corrected chi connectivity index (χ1v) is 9.53. The minimum Gasteiger partial charge on any atom is -0.490 e. The summed E-state index contributed by atoms with van der Waals surface area (Å²) in [7, 11) is 0. The largest absolute Gasteiger partial charge is 0.490 e. The Morgan fingerprint density at radius 3 is 2.58 bits per heavy atom. The maximum absolute atomic E-state index is 10.6. The van der Waals surface area contributed by atoms with Crippen molar-refractivity contribution >= 4 is 0 Å². The van der Waals surface area contributed by atoms with E-state index in [1.165, 1.54) is 5.56 Å². The van der Waals surface area contributed by atoms with Crippen molar-refractivity contribution in [3.05, 3.63) is 23.8 Å². The Hall–Kier alpha value is -1.26. The number of nitrogens with zero attached hydrogens (tertiary/aromatic N) is 1. The van der Waals surface area contributed by atoms with Gasteiger partial charge in [0.2, 0.25) is 0 Å². The minimum atomic E-state index is -0.191. The number of aliphatic hydroxyl groups excluding tert-OH is 1. The summed E-state index contributed by atoms with van der Waals surface area (Å²) in [6.07, 6.45) is 5.16. The van der Waals surface area contributed by atoms with Crippen LogP contribution in [0, 0.1) is 5.92 Å². The van der Waals surface area contributed by atoms with Crippen LogP contribution in [0.25, 0.3) is 0 Å². The van der Waals surface area contributed by atoms with Gasteiger partial charge in [-0.1, -0.05) is 19.4 Å². The first kappa shape index (κ1) is 17.6. The van der Waals surface area contributed by atoms with Crippen LogP contribution < -0.4 is 9.47 Å². The summed E-state index contributed by atoms with van der Waals surface area (Å²) in [5.41, 5.74) is 1.22. The van der Waals surface area contributed by atoms with E-state index in [1.807, 2.05) is 13.0 Å². The van der Waals surface area contributed by atoms with Gasteiger partial charge in [-0.25, -0.2) is 0 Å². The normalized spacial score (nSPS) is 28.8. The van der Waals surface area contributed by atoms with Crippen LogP contribution in [0.1, 0.15) is 45.1 Å². The van der Waals surface area contributed by atoms with Gasteiger partial charge in [0, 0.05) is 6.04 Å². The molecule has 2 unspecified atom stereocenters. The predicted molar refractivity (Wildman–Crippen MR) is 95.8 cm³/mol. The zero-order valence-electron chi connectivity index (χ0n) is 15.0. The number of fused-ring (bicyclic) bond motifs is 3. The number of ether oxygens (including phenoxy) is 2. The van der Waals surface area contributed by atoms with Crippen molar-refractivity contribution in [1.29, 1.82) is 0 Å². The van der Waals surface area contributed by atoms with E-state index in [4.69, 9.17) is 9.47 Å². The number of piperidine rings is 3. The molecule has 4 heteroatoms. The van der Waals surface area contributed by atoms with E-state index in [9.17, 15) is 5.11 Å². The lowest BCUT2D eigenvalue weighted by atomic mass is 9.78. The lowest BCUT2D eigenvalue weighted by Crippen LogP contribution is -2.58. The quantitative estimate of drug-likeness (QED) is 0.742. The molecule has 0 spiro atoms. The SMILES string of the molecule is CCCCOc1ccc(CC2C(O)C3CCN2CC3)cc1OCC. The summed E-state index contributed by atoms with van der Waals surface area (Å²) >= 11 is 0. The van der Waals surface area contributed by atoms with Crippen molar-refractivity contribution in [1.82, 2.24) is 4.90 Å². The topological polar surface area (TPSA) is 41.9 Å². The highest BCUT2D eigenvalue weighted by Gasteiger charge is 2.40. The fourth-order valence-corrected chi connectivity index (χ4v) is 4.01. The summed E-state index contributed by atoms with van der Waals surface area (Å²) < 4.78 is 11.6. The van der Waals surface area contributed by atoms with E-state index < -0.39 is 0 Å². The Morgan fingerprint density at radius 1 is 1.12 bits per heavy atom. The summed E-state index contributed by atoms with van der Waals surface area (Å²) in [4.78, 5) is 2.46. The Labute approximate surface area is 145 Å². The highest BCUT2D eigenvalue weighted by molar-refractivity contribution is 5.43. The van der Waals surface area contributed by atoms with Gasteiger partial charge >= 0.3 is 0 Å². The molecule has 4 nitrogen and oxygen atoms in total. The molecule has 0 aliphatic carbocycles. The van der Waals surface area contributed by atoms with Gasteiger partial charge in [0.1, 0.15) is 0 Å². The van der Waals surface area contributed by atoms with Crippen molar-refractivity contribution in [3.8, 4) is 11.5 Å². The second-order valence-electron chi connectivity index (χ2n) is 7.05. The van der Waals surface area contributed by atoms with E-state index >= 15 is 0 Å². The number of hydrogen-bond donors (Lipinski definition) is 1. The van der Waals surface area contributed by atoms with Crippen molar-refractivity contribution in [2.75, 3.05) is 26.3 Å². The predicted octanol–water partition coefficient (Wildman–Crippen LogP) is 3.26. The van der Waals surface area contributed by atoms with Crippen LogP contribution in [0.15, 0.2) is 18.2 Å². The van der Waals surface area contributed by atoms with Crippen LogP contribution in [0.4, 0.5) is 0 Å². The van der Waals surface area contributed by atoms with Crippen LogP contribution in [-0.2, 0) is 6.42 Å². The van der Waals surface area contributed by atoms with Crippen LogP contribution in [0.2, 0.25) is 0 Å². The van der Waals surface area contributed by atoms with Crippen molar-refractivity contribution in [3.63, 3.8) is 0 Å². The summed E-state index contributed by atoms with van der Waals surface area (Å²) in [5, 5.41) is 10.6. The van der Waals surface area contributed by atoms with Gasteiger partial charge in [-0.05, 0) is 69.3 Å². The molecular weight excluding hydrogens is 302 g/mol. The van der Waals surface area contributed by atoms with Gasteiger partial charge in [-0.15, -0.1) is 0 Å². The average molecular weight is 333 g/mol. The molecule has 2 bridgehead atoms. The molecule has 24 heavy (non-hydrogen) atoms. The summed E-state index contributed by atoms with van der Waals surface area (Å²) in [6, 6.07) is 6.50. The van der Waals surface area contributed by atoms with E-state index in [1.54, 1.807) is 0 Å². The third kappa shape index (κ3) is 3.86. The van der Waals surface area contributed by atoms with Crippen LogP contribution in [-0.4, -0.2) is 48.5 Å². The average Bonchev–Trinajstić information content (AvgIpc) is 2.61. The molecule has 1 aromatic carbocycles. The summed E-state index contributed by atoms with van der Waals surface area (Å²) in [5.74, 6) is 2.15. The maximum Gasteiger partial charge on any atom is 0.161 e. The molecule has 2 atom stereocenters. The molecule has 3 aliphatic rings. The number of aliphatic hydroxyl groups is 1. The minimum absolute atomic E-state index is 0.191. The molecule has 1 N–H and O–H groups in total.